The molecule has 35 heavy (non-hydrogen) atoms. The highest BCUT2D eigenvalue weighted by Gasteiger charge is 2.78. The fourth-order valence-corrected chi connectivity index (χ4v) is 7.37. The Morgan fingerprint density at radius 1 is 1.23 bits per heavy atom. The molecule has 8 atom stereocenters. The molecule has 3 rings (SSSR count). The Morgan fingerprint density at radius 2 is 1.89 bits per heavy atom. The molecule has 3 aliphatic rings. The van der Waals surface area contributed by atoms with Crippen molar-refractivity contribution in [3.05, 3.63) is 37.6 Å². The summed E-state index contributed by atoms with van der Waals surface area (Å²) >= 11 is 0. The lowest BCUT2D eigenvalue weighted by molar-refractivity contribution is -0.174. The fourth-order valence-electron chi connectivity index (χ4n) is 7.37. The van der Waals surface area contributed by atoms with Crippen LogP contribution >= 0.6 is 0 Å². The van der Waals surface area contributed by atoms with Crippen molar-refractivity contribution in [3.63, 3.8) is 0 Å². The highest BCUT2D eigenvalue weighted by molar-refractivity contribution is 5.81. The molecule has 5 nitrogen and oxygen atoms in total. The summed E-state index contributed by atoms with van der Waals surface area (Å²) in [5, 5.41) is 0. The van der Waals surface area contributed by atoms with E-state index >= 15 is 0 Å². The van der Waals surface area contributed by atoms with Crippen LogP contribution in [0, 0.1) is 39.9 Å². The van der Waals surface area contributed by atoms with Gasteiger partial charge in [-0.2, -0.15) is 0 Å². The van der Waals surface area contributed by atoms with Gasteiger partial charge in [0, 0.05) is 17.9 Å². The molecule has 0 aromatic rings. The molecule has 0 saturated carbocycles. The number of carbonyl (C=O) groups excluding carboxylic acids is 1. The van der Waals surface area contributed by atoms with Crippen molar-refractivity contribution in [3.8, 4) is 0 Å². The van der Waals surface area contributed by atoms with Gasteiger partial charge in [-0.05, 0) is 48.3 Å². The third-order valence-electron chi connectivity index (χ3n) is 9.99. The Morgan fingerprint density at radius 3 is 2.40 bits per heavy atom. The molecular formula is C30H48O5. The number of ether oxygens (including phenoxy) is 4. The predicted octanol–water partition coefficient (Wildman–Crippen LogP) is 6.35. The van der Waals surface area contributed by atoms with E-state index in [-0.39, 0.29) is 52.0 Å². The third kappa shape index (κ3) is 4.52. The minimum absolute atomic E-state index is 0.0911. The second-order valence-electron chi connectivity index (χ2n) is 12.6. The van der Waals surface area contributed by atoms with Gasteiger partial charge in [0.05, 0.1) is 19.0 Å². The van der Waals surface area contributed by atoms with E-state index in [9.17, 15) is 4.79 Å². The van der Waals surface area contributed by atoms with Crippen molar-refractivity contribution >= 4 is 5.97 Å². The molecule has 0 radical (unpaired) electrons. The maximum atomic E-state index is 13.0. The first-order chi connectivity index (χ1) is 16.2. The third-order valence-corrected chi connectivity index (χ3v) is 9.99. The van der Waals surface area contributed by atoms with Gasteiger partial charge in [0.25, 0.3) is 0 Å². The zero-order valence-electron chi connectivity index (χ0n) is 23.3. The number of fused-ring (bicyclic) bond motifs is 1. The van der Waals surface area contributed by atoms with Gasteiger partial charge in [0.1, 0.15) is 11.7 Å². The summed E-state index contributed by atoms with van der Waals surface area (Å²) < 4.78 is 23.9. The number of hydrogen-bond acceptors (Lipinski definition) is 5. The average molecular weight is 489 g/mol. The lowest BCUT2D eigenvalue weighted by Crippen LogP contribution is -2.60. The van der Waals surface area contributed by atoms with Crippen LogP contribution in [0.4, 0.5) is 0 Å². The highest BCUT2D eigenvalue weighted by Crippen LogP contribution is 2.65. The van der Waals surface area contributed by atoms with E-state index in [4.69, 9.17) is 18.9 Å². The minimum atomic E-state index is -0.573. The number of cyclic esters (lactones) is 1. The van der Waals surface area contributed by atoms with Crippen LogP contribution in [0.5, 0.6) is 0 Å². The van der Waals surface area contributed by atoms with Gasteiger partial charge >= 0.3 is 5.97 Å². The molecule has 3 heterocycles. The van der Waals surface area contributed by atoms with Crippen molar-refractivity contribution < 1.29 is 23.7 Å². The summed E-state index contributed by atoms with van der Waals surface area (Å²) in [6.07, 6.45) is 5.18. The van der Waals surface area contributed by atoms with Crippen LogP contribution in [-0.2, 0) is 23.7 Å². The lowest BCUT2D eigenvalue weighted by atomic mass is 9.52. The first-order valence-corrected chi connectivity index (χ1v) is 13.2. The van der Waals surface area contributed by atoms with E-state index in [0.717, 1.165) is 25.2 Å². The van der Waals surface area contributed by atoms with E-state index in [0.29, 0.717) is 13.2 Å². The molecule has 0 spiro atoms. The molecule has 3 aliphatic heterocycles. The van der Waals surface area contributed by atoms with E-state index in [1.807, 2.05) is 13.0 Å². The van der Waals surface area contributed by atoms with Crippen LogP contribution < -0.4 is 0 Å². The zero-order valence-corrected chi connectivity index (χ0v) is 23.3. The van der Waals surface area contributed by atoms with Crippen LogP contribution in [0.1, 0.15) is 68.2 Å². The van der Waals surface area contributed by atoms with Gasteiger partial charge < -0.3 is 18.9 Å². The highest BCUT2D eigenvalue weighted by atomic mass is 16.7. The molecule has 0 aliphatic carbocycles. The number of carbonyl (C=O) groups is 1. The standard InChI is InChI=1S/C30H48O5/c1-12-27(7,8)23(15-17-33-19(3)4)29(11,13-2)20(5)21(6)30-25(35-30)26(31)34-24(28(30,9)10)22-14-16-32-18-22/h12-13,20-25H,1-3,14-18H2,4-11H3/t20?,21-,22?,23?,24?,25+,29+,30+/m0/s1. The van der Waals surface area contributed by atoms with Crippen molar-refractivity contribution in [2.45, 2.75) is 86.0 Å². The van der Waals surface area contributed by atoms with Gasteiger partial charge in [-0.3, -0.25) is 0 Å². The number of allylic oxidation sites excluding steroid dienone is 3. The summed E-state index contributed by atoms with van der Waals surface area (Å²) in [6, 6.07) is 0. The summed E-state index contributed by atoms with van der Waals surface area (Å²) in [5.41, 5.74) is -1.33. The quantitative estimate of drug-likeness (QED) is 0.139. The Hall–Kier alpha value is -1.59. The number of rotatable bonds is 12. The normalized spacial score (nSPS) is 33.9. The summed E-state index contributed by atoms with van der Waals surface area (Å²) in [5.74, 6) is 1.18. The number of hydrogen-bond donors (Lipinski definition) is 0. The van der Waals surface area contributed by atoms with Crippen molar-refractivity contribution in [2.75, 3.05) is 19.8 Å². The molecule has 0 N–H and O–H groups in total. The second-order valence-corrected chi connectivity index (χ2v) is 12.6. The van der Waals surface area contributed by atoms with E-state index < -0.39 is 11.7 Å². The Balaban J connectivity index is 1.95. The van der Waals surface area contributed by atoms with Crippen molar-refractivity contribution in [2.24, 2.45) is 39.9 Å². The van der Waals surface area contributed by atoms with Gasteiger partial charge in [-0.15, -0.1) is 13.2 Å². The van der Waals surface area contributed by atoms with Gasteiger partial charge in [-0.1, -0.05) is 67.2 Å². The minimum Gasteiger partial charge on any atom is -0.499 e. The molecule has 0 bridgehead atoms. The van der Waals surface area contributed by atoms with Crippen molar-refractivity contribution in [1.82, 2.24) is 0 Å². The molecule has 5 heteroatoms. The summed E-state index contributed by atoms with van der Waals surface area (Å²) in [7, 11) is 0. The summed E-state index contributed by atoms with van der Waals surface area (Å²) in [4.78, 5) is 13.0. The van der Waals surface area contributed by atoms with Gasteiger partial charge in [-0.25, -0.2) is 4.79 Å². The predicted molar refractivity (Wildman–Crippen MR) is 140 cm³/mol. The number of esters is 1. The first-order valence-electron chi connectivity index (χ1n) is 13.2. The molecule has 198 valence electrons. The lowest BCUT2D eigenvalue weighted by Gasteiger charge is -2.53. The maximum Gasteiger partial charge on any atom is 0.338 e. The number of epoxide rings is 1. The topological polar surface area (TPSA) is 57.3 Å². The fraction of sp³-hybridized carbons (Fsp3) is 0.767. The van der Waals surface area contributed by atoms with Crippen molar-refractivity contribution in [1.29, 1.82) is 0 Å². The first kappa shape index (κ1) is 28.0. The largest absolute Gasteiger partial charge is 0.499 e. The van der Waals surface area contributed by atoms with E-state index in [2.05, 4.69) is 74.3 Å². The van der Waals surface area contributed by atoms with Crippen LogP contribution in [0.15, 0.2) is 37.6 Å². The molecule has 0 aromatic heterocycles. The molecule has 0 amide bonds. The maximum absolute atomic E-state index is 13.0. The van der Waals surface area contributed by atoms with Crippen LogP contribution in [0.2, 0.25) is 0 Å². The van der Waals surface area contributed by atoms with Gasteiger partial charge in [0.15, 0.2) is 6.10 Å². The molecule has 0 aromatic carbocycles. The van der Waals surface area contributed by atoms with Crippen LogP contribution in [0.3, 0.4) is 0 Å². The van der Waals surface area contributed by atoms with Crippen LogP contribution in [0.25, 0.3) is 0 Å². The Labute approximate surface area is 213 Å². The summed E-state index contributed by atoms with van der Waals surface area (Å²) in [6.45, 7) is 31.9. The Kier molecular flexibility index (Phi) is 7.76. The second kappa shape index (κ2) is 9.70. The Bertz CT molecular complexity index is 838. The zero-order chi connectivity index (χ0) is 26.4. The molecule has 4 unspecified atom stereocenters. The molecular weight excluding hydrogens is 440 g/mol. The van der Waals surface area contributed by atoms with Gasteiger partial charge in [0.2, 0.25) is 0 Å². The molecule has 3 fully saturated rings. The van der Waals surface area contributed by atoms with E-state index in [1.165, 1.54) is 0 Å². The average Bonchev–Trinajstić information content (AvgIpc) is 3.38. The molecule has 3 saturated heterocycles. The van der Waals surface area contributed by atoms with Crippen LogP contribution in [-0.4, -0.2) is 43.6 Å². The van der Waals surface area contributed by atoms with E-state index in [1.54, 1.807) is 0 Å². The smallest absolute Gasteiger partial charge is 0.338 e. The monoisotopic (exact) mass is 488 g/mol. The SMILES string of the molecule is C=CC(C)(C)C(CCOC(=C)C)[C@](C)(C=C)C(C)[C@H](C)[C@@]12O[C@@H]1C(=O)OC(C1CCOC1)C2(C)C.